The number of benzene rings is 3. The zero-order valence-corrected chi connectivity index (χ0v) is 19.9. The molecule has 35 heavy (non-hydrogen) atoms. The highest BCUT2D eigenvalue weighted by molar-refractivity contribution is 8.00. The molecule has 0 bridgehead atoms. The number of hydrogen-bond acceptors (Lipinski definition) is 6. The molecule has 2 amide bonds. The third-order valence-electron chi connectivity index (χ3n) is 5.53. The summed E-state index contributed by atoms with van der Waals surface area (Å²) in [6.07, 6.45) is -0.187. The van der Waals surface area contributed by atoms with Crippen molar-refractivity contribution in [1.82, 2.24) is 0 Å². The number of nitrogens with zero attached hydrogens (tertiary/aromatic N) is 2. The average Bonchev–Trinajstić information content (AvgIpc) is 3.31. The molecule has 0 fully saturated rings. The first-order valence-corrected chi connectivity index (χ1v) is 12.1. The van der Waals surface area contributed by atoms with Crippen LogP contribution in [-0.2, 0) is 20.7 Å². The first-order chi connectivity index (χ1) is 17.0. The minimum absolute atomic E-state index is 0.0557. The molecule has 0 saturated heterocycles. The number of thioether (sulfide) groups is 1. The summed E-state index contributed by atoms with van der Waals surface area (Å²) in [7, 11) is 0. The Labute approximate surface area is 207 Å². The average molecular weight is 486 g/mol. The minimum Gasteiger partial charge on any atom is -0.449 e. The van der Waals surface area contributed by atoms with Crippen molar-refractivity contribution in [2.45, 2.75) is 24.3 Å². The molecule has 0 aromatic heterocycles. The summed E-state index contributed by atoms with van der Waals surface area (Å²) in [6, 6.07) is 23.2. The highest BCUT2D eigenvalue weighted by Crippen LogP contribution is 2.29. The molecular weight excluding hydrogens is 462 g/mol. The zero-order valence-electron chi connectivity index (χ0n) is 19.1. The maximum atomic E-state index is 13.0. The standard InChI is InChI=1S/C27H23N3O4S/c1-18(26(32)30-14-13-20-8-2-4-11-23(20)30)34-27(33)22-10-3-5-12-24(22)35-17-25(31)29-21-9-6-7-19(15-21)16-28/h2-12,15,18H,13-14,17H2,1H3,(H,29,31). The van der Waals surface area contributed by atoms with Crippen molar-refractivity contribution in [3.63, 3.8) is 0 Å². The second-order valence-electron chi connectivity index (χ2n) is 7.94. The molecule has 0 aliphatic carbocycles. The van der Waals surface area contributed by atoms with Gasteiger partial charge in [-0.2, -0.15) is 5.26 Å². The van der Waals surface area contributed by atoms with Gasteiger partial charge in [0.15, 0.2) is 6.10 Å². The van der Waals surface area contributed by atoms with Crippen LogP contribution in [0.3, 0.4) is 0 Å². The number of para-hydroxylation sites is 1. The van der Waals surface area contributed by atoms with Gasteiger partial charge in [-0.15, -0.1) is 11.8 Å². The van der Waals surface area contributed by atoms with E-state index in [1.165, 1.54) is 11.8 Å². The number of fused-ring (bicyclic) bond motifs is 1. The zero-order chi connectivity index (χ0) is 24.8. The van der Waals surface area contributed by atoms with Crippen LogP contribution in [-0.4, -0.2) is 36.2 Å². The lowest BCUT2D eigenvalue weighted by Gasteiger charge is -2.22. The molecule has 176 valence electrons. The number of ether oxygens (including phenoxy) is 1. The fourth-order valence-corrected chi connectivity index (χ4v) is 4.67. The van der Waals surface area contributed by atoms with Crippen LogP contribution in [0.1, 0.15) is 28.4 Å². The van der Waals surface area contributed by atoms with Gasteiger partial charge in [-0.3, -0.25) is 9.59 Å². The third-order valence-corrected chi connectivity index (χ3v) is 6.60. The van der Waals surface area contributed by atoms with Crippen LogP contribution in [0.25, 0.3) is 0 Å². The Kier molecular flexibility index (Phi) is 7.48. The van der Waals surface area contributed by atoms with Crippen LogP contribution in [0.2, 0.25) is 0 Å². The number of carbonyl (C=O) groups excluding carboxylic acids is 3. The summed E-state index contributed by atoms with van der Waals surface area (Å²) in [5, 5.41) is 11.7. The molecule has 4 rings (SSSR count). The van der Waals surface area contributed by atoms with E-state index in [1.807, 2.05) is 30.3 Å². The SMILES string of the molecule is CC(OC(=O)c1ccccc1SCC(=O)Nc1cccc(C#N)c1)C(=O)N1CCc2ccccc21. The lowest BCUT2D eigenvalue weighted by atomic mass is 10.2. The highest BCUT2D eigenvalue weighted by atomic mass is 32.2. The van der Waals surface area contributed by atoms with E-state index >= 15 is 0 Å². The second kappa shape index (κ2) is 10.9. The predicted octanol–water partition coefficient (Wildman–Crippen LogP) is 4.42. The van der Waals surface area contributed by atoms with Crippen molar-refractivity contribution in [2.24, 2.45) is 0 Å². The summed E-state index contributed by atoms with van der Waals surface area (Å²) in [4.78, 5) is 40.5. The van der Waals surface area contributed by atoms with Crippen molar-refractivity contribution in [3.05, 3.63) is 89.5 Å². The Hall–Kier alpha value is -4.09. The molecule has 3 aromatic rings. The Balaban J connectivity index is 1.37. The molecule has 7 nitrogen and oxygen atoms in total. The molecule has 0 spiro atoms. The van der Waals surface area contributed by atoms with Crippen LogP contribution < -0.4 is 10.2 Å². The molecule has 1 atom stereocenters. The van der Waals surface area contributed by atoms with E-state index in [-0.39, 0.29) is 17.6 Å². The van der Waals surface area contributed by atoms with Crippen molar-refractivity contribution < 1.29 is 19.1 Å². The molecular formula is C27H23N3O4S. The quantitative estimate of drug-likeness (QED) is 0.393. The minimum atomic E-state index is -0.956. The van der Waals surface area contributed by atoms with E-state index in [0.29, 0.717) is 28.3 Å². The van der Waals surface area contributed by atoms with Crippen LogP contribution >= 0.6 is 11.8 Å². The third kappa shape index (κ3) is 5.70. The van der Waals surface area contributed by atoms with Crippen molar-refractivity contribution >= 4 is 40.9 Å². The number of carbonyl (C=O) groups is 3. The van der Waals surface area contributed by atoms with E-state index < -0.39 is 12.1 Å². The van der Waals surface area contributed by atoms with E-state index in [0.717, 1.165) is 17.7 Å². The van der Waals surface area contributed by atoms with Crippen LogP contribution in [0.4, 0.5) is 11.4 Å². The number of anilines is 2. The van der Waals surface area contributed by atoms with Gasteiger partial charge in [0.05, 0.1) is 22.9 Å². The fourth-order valence-electron chi connectivity index (χ4n) is 3.83. The lowest BCUT2D eigenvalue weighted by Crippen LogP contribution is -2.39. The monoisotopic (exact) mass is 485 g/mol. The number of nitriles is 1. The van der Waals surface area contributed by atoms with Gasteiger partial charge in [0.1, 0.15) is 0 Å². The number of esters is 1. The predicted molar refractivity (Wildman–Crippen MR) is 134 cm³/mol. The number of rotatable bonds is 7. The first-order valence-electron chi connectivity index (χ1n) is 11.1. The van der Waals surface area contributed by atoms with Gasteiger partial charge in [-0.05, 0) is 55.3 Å². The largest absolute Gasteiger partial charge is 0.449 e. The van der Waals surface area contributed by atoms with E-state index in [1.54, 1.807) is 60.4 Å². The van der Waals surface area contributed by atoms with Gasteiger partial charge < -0.3 is 15.0 Å². The highest BCUT2D eigenvalue weighted by Gasteiger charge is 2.30. The Morgan fingerprint density at radius 2 is 1.86 bits per heavy atom. The van der Waals surface area contributed by atoms with Gasteiger partial charge in [0.2, 0.25) is 5.91 Å². The van der Waals surface area contributed by atoms with Crippen LogP contribution in [0.15, 0.2) is 77.7 Å². The molecule has 1 unspecified atom stereocenters. The van der Waals surface area contributed by atoms with Crippen molar-refractivity contribution in [2.75, 3.05) is 22.5 Å². The summed E-state index contributed by atoms with van der Waals surface area (Å²) >= 11 is 1.19. The van der Waals surface area contributed by atoms with Gasteiger partial charge in [-0.1, -0.05) is 36.4 Å². The molecule has 0 radical (unpaired) electrons. The summed E-state index contributed by atoms with van der Waals surface area (Å²) < 4.78 is 5.52. The van der Waals surface area contributed by atoms with Crippen LogP contribution in [0.5, 0.6) is 0 Å². The van der Waals surface area contributed by atoms with E-state index in [2.05, 4.69) is 5.32 Å². The molecule has 1 N–H and O–H groups in total. The van der Waals surface area contributed by atoms with Gasteiger partial charge in [-0.25, -0.2) is 4.79 Å². The van der Waals surface area contributed by atoms with Gasteiger partial charge >= 0.3 is 5.97 Å². The van der Waals surface area contributed by atoms with Crippen molar-refractivity contribution in [1.29, 1.82) is 5.26 Å². The van der Waals surface area contributed by atoms with Gasteiger partial charge in [0.25, 0.3) is 5.91 Å². The number of amides is 2. The summed E-state index contributed by atoms with van der Waals surface area (Å²) in [5.41, 5.74) is 3.21. The normalized spacial score (nSPS) is 12.9. The van der Waals surface area contributed by atoms with E-state index in [9.17, 15) is 14.4 Å². The van der Waals surface area contributed by atoms with Gasteiger partial charge in [0, 0.05) is 22.8 Å². The second-order valence-corrected chi connectivity index (χ2v) is 8.96. The van der Waals surface area contributed by atoms with Crippen LogP contribution in [0, 0.1) is 11.3 Å². The summed E-state index contributed by atoms with van der Waals surface area (Å²) in [6.45, 7) is 2.12. The molecule has 1 heterocycles. The molecule has 1 aliphatic rings. The fraction of sp³-hybridized carbons (Fsp3) is 0.185. The topological polar surface area (TPSA) is 99.5 Å². The molecule has 3 aromatic carbocycles. The van der Waals surface area contributed by atoms with E-state index in [4.69, 9.17) is 10.00 Å². The smallest absolute Gasteiger partial charge is 0.340 e. The Bertz CT molecular complexity index is 1320. The molecule has 0 saturated carbocycles. The summed E-state index contributed by atoms with van der Waals surface area (Å²) in [5.74, 6) is -1.11. The Morgan fingerprint density at radius 3 is 2.69 bits per heavy atom. The number of nitrogens with one attached hydrogen (secondary N) is 1. The maximum Gasteiger partial charge on any atom is 0.340 e. The molecule has 8 heteroatoms. The Morgan fingerprint density at radius 1 is 1.09 bits per heavy atom. The number of hydrogen-bond donors (Lipinski definition) is 1. The molecule has 1 aliphatic heterocycles. The van der Waals surface area contributed by atoms with Crippen molar-refractivity contribution in [3.8, 4) is 6.07 Å². The first kappa shape index (κ1) is 24.0. The maximum absolute atomic E-state index is 13.0. The lowest BCUT2D eigenvalue weighted by molar-refractivity contribution is -0.126.